The molecule has 2 saturated carbocycles. The van der Waals surface area contributed by atoms with E-state index in [1.165, 1.54) is 44.1 Å². The topological polar surface area (TPSA) is 12.0 Å². The van der Waals surface area contributed by atoms with Gasteiger partial charge in [-0.25, -0.2) is 0 Å². The van der Waals surface area contributed by atoms with Gasteiger partial charge in [0.25, 0.3) is 0 Å². The Balaban J connectivity index is 1.52. The Kier molecular flexibility index (Phi) is 4.49. The highest BCUT2D eigenvalue weighted by Gasteiger charge is 2.24. The van der Waals surface area contributed by atoms with Gasteiger partial charge in [0.05, 0.1) is 0 Å². The molecule has 1 N–H and O–H groups in total. The summed E-state index contributed by atoms with van der Waals surface area (Å²) in [5.41, 5.74) is 2.98. The average molecular weight is 275 g/mol. The third kappa shape index (κ3) is 3.55. The molecule has 0 aromatic heterocycles. The Morgan fingerprint density at radius 2 is 1.79 bits per heavy atom. The molecule has 1 aromatic rings. The van der Waals surface area contributed by atoms with Crippen LogP contribution in [-0.4, -0.2) is 17.5 Å². The van der Waals surface area contributed by atoms with Gasteiger partial charge in [-0.1, -0.05) is 37.1 Å². The quantitative estimate of drug-likeness (QED) is 0.858. The van der Waals surface area contributed by atoms with Crippen molar-refractivity contribution in [2.24, 2.45) is 0 Å². The van der Waals surface area contributed by atoms with E-state index in [0.29, 0.717) is 6.04 Å². The molecule has 2 heteroatoms. The molecule has 0 aliphatic heterocycles. The van der Waals surface area contributed by atoms with Gasteiger partial charge in [0.2, 0.25) is 0 Å². The molecule has 2 unspecified atom stereocenters. The van der Waals surface area contributed by atoms with Gasteiger partial charge in [0.15, 0.2) is 0 Å². The van der Waals surface area contributed by atoms with Crippen LogP contribution in [0.2, 0.25) is 0 Å². The summed E-state index contributed by atoms with van der Waals surface area (Å²) in [6.07, 6.45) is 10.6. The van der Waals surface area contributed by atoms with Crippen molar-refractivity contribution in [1.82, 2.24) is 5.32 Å². The first-order chi connectivity index (χ1) is 9.36. The molecule has 0 heterocycles. The molecule has 2 aliphatic rings. The van der Waals surface area contributed by atoms with Crippen molar-refractivity contribution in [3.8, 4) is 0 Å². The first kappa shape index (κ1) is 13.5. The first-order valence-corrected chi connectivity index (χ1v) is 9.00. The molecule has 0 bridgehead atoms. The van der Waals surface area contributed by atoms with E-state index >= 15 is 0 Å². The Morgan fingerprint density at radius 3 is 2.47 bits per heavy atom. The van der Waals surface area contributed by atoms with Crippen LogP contribution < -0.4 is 5.32 Å². The molecule has 1 nitrogen and oxygen atoms in total. The Morgan fingerprint density at radius 1 is 1.05 bits per heavy atom. The normalized spacial score (nSPS) is 27.4. The van der Waals surface area contributed by atoms with Crippen molar-refractivity contribution in [3.63, 3.8) is 0 Å². The monoisotopic (exact) mass is 275 g/mol. The summed E-state index contributed by atoms with van der Waals surface area (Å²) < 4.78 is 0. The molecule has 0 spiro atoms. The van der Waals surface area contributed by atoms with Crippen molar-refractivity contribution >= 4 is 11.8 Å². The van der Waals surface area contributed by atoms with E-state index in [0.717, 1.165) is 17.7 Å². The molecular formula is C17H25NS. The Labute approximate surface area is 121 Å². The van der Waals surface area contributed by atoms with Gasteiger partial charge < -0.3 is 5.32 Å². The highest BCUT2D eigenvalue weighted by molar-refractivity contribution is 7.99. The number of hydrogen-bond acceptors (Lipinski definition) is 2. The van der Waals surface area contributed by atoms with Crippen LogP contribution in [0.4, 0.5) is 0 Å². The van der Waals surface area contributed by atoms with Crippen LogP contribution in [0.1, 0.15) is 55.6 Å². The van der Waals surface area contributed by atoms with Gasteiger partial charge in [-0.2, -0.15) is 11.8 Å². The maximum atomic E-state index is 3.78. The van der Waals surface area contributed by atoms with E-state index in [-0.39, 0.29) is 0 Å². The summed E-state index contributed by atoms with van der Waals surface area (Å²) in [5.74, 6) is 0.876. The zero-order valence-corrected chi connectivity index (χ0v) is 12.7. The summed E-state index contributed by atoms with van der Waals surface area (Å²) >= 11 is 2.04. The minimum Gasteiger partial charge on any atom is -0.309 e. The van der Waals surface area contributed by atoms with Gasteiger partial charge in [-0.15, -0.1) is 0 Å². The van der Waals surface area contributed by atoms with Crippen molar-refractivity contribution < 1.29 is 0 Å². The third-order valence-electron chi connectivity index (χ3n) is 4.60. The number of hydrogen-bond donors (Lipinski definition) is 1. The number of nitrogens with one attached hydrogen (secondary N) is 1. The second-order valence-corrected chi connectivity index (χ2v) is 7.14. The lowest BCUT2D eigenvalue weighted by Crippen LogP contribution is -2.39. The van der Waals surface area contributed by atoms with Gasteiger partial charge >= 0.3 is 0 Å². The molecule has 2 aliphatic carbocycles. The summed E-state index contributed by atoms with van der Waals surface area (Å²) in [4.78, 5) is 0. The lowest BCUT2D eigenvalue weighted by Gasteiger charge is -2.31. The number of benzene rings is 1. The molecule has 0 amide bonds. The molecule has 0 radical (unpaired) electrons. The summed E-state index contributed by atoms with van der Waals surface area (Å²) in [7, 11) is 0. The number of thioether (sulfide) groups is 1. The van der Waals surface area contributed by atoms with Crippen molar-refractivity contribution in [2.45, 2.75) is 62.3 Å². The van der Waals surface area contributed by atoms with Crippen LogP contribution in [0.3, 0.4) is 0 Å². The fraction of sp³-hybridized carbons (Fsp3) is 0.647. The van der Waals surface area contributed by atoms with Gasteiger partial charge in [-0.05, 0) is 49.0 Å². The van der Waals surface area contributed by atoms with Crippen LogP contribution in [0.15, 0.2) is 24.3 Å². The summed E-state index contributed by atoms with van der Waals surface area (Å²) in [5, 5.41) is 4.60. The van der Waals surface area contributed by atoms with Crippen molar-refractivity contribution in [3.05, 3.63) is 35.4 Å². The molecule has 1 aromatic carbocycles. The standard InChI is InChI=1S/C17H25NS/c1-19-17-5-3-2-4-16(17)18-12-13-6-8-14(9-7-13)15-10-11-15/h6-9,15-18H,2-5,10-12H2,1H3. The summed E-state index contributed by atoms with van der Waals surface area (Å²) in [6, 6.07) is 10.0. The van der Waals surface area contributed by atoms with E-state index in [1.54, 1.807) is 5.56 Å². The predicted octanol–water partition coefficient (Wildman–Crippen LogP) is 4.33. The third-order valence-corrected chi connectivity index (χ3v) is 5.77. The lowest BCUT2D eigenvalue weighted by molar-refractivity contribution is 0.383. The van der Waals surface area contributed by atoms with E-state index in [4.69, 9.17) is 0 Å². The Hall–Kier alpha value is -0.470. The molecule has 0 saturated heterocycles. The van der Waals surface area contributed by atoms with E-state index in [1.807, 2.05) is 11.8 Å². The van der Waals surface area contributed by atoms with Crippen molar-refractivity contribution in [2.75, 3.05) is 6.26 Å². The largest absolute Gasteiger partial charge is 0.309 e. The molecule has 19 heavy (non-hydrogen) atoms. The van der Waals surface area contributed by atoms with E-state index in [9.17, 15) is 0 Å². The first-order valence-electron chi connectivity index (χ1n) is 7.72. The minimum absolute atomic E-state index is 0.715. The second kappa shape index (κ2) is 6.32. The predicted molar refractivity (Wildman–Crippen MR) is 84.8 cm³/mol. The maximum Gasteiger partial charge on any atom is 0.0208 e. The molecular weight excluding hydrogens is 250 g/mol. The van der Waals surface area contributed by atoms with Crippen LogP contribution in [0.5, 0.6) is 0 Å². The highest BCUT2D eigenvalue weighted by Crippen LogP contribution is 2.39. The smallest absolute Gasteiger partial charge is 0.0208 e. The van der Waals surface area contributed by atoms with E-state index < -0.39 is 0 Å². The molecule has 2 fully saturated rings. The minimum atomic E-state index is 0.715. The van der Waals surface area contributed by atoms with Crippen LogP contribution >= 0.6 is 11.8 Å². The van der Waals surface area contributed by atoms with Gasteiger partial charge in [0, 0.05) is 17.8 Å². The second-order valence-electron chi connectivity index (χ2n) is 6.06. The van der Waals surface area contributed by atoms with Crippen LogP contribution in [0.25, 0.3) is 0 Å². The van der Waals surface area contributed by atoms with Crippen LogP contribution in [-0.2, 0) is 6.54 Å². The Bertz CT molecular complexity index is 396. The number of rotatable bonds is 5. The van der Waals surface area contributed by atoms with Gasteiger partial charge in [-0.3, -0.25) is 0 Å². The van der Waals surface area contributed by atoms with E-state index in [2.05, 4.69) is 35.8 Å². The van der Waals surface area contributed by atoms with Crippen LogP contribution in [0, 0.1) is 0 Å². The molecule has 2 atom stereocenters. The summed E-state index contributed by atoms with van der Waals surface area (Å²) in [6.45, 7) is 1.03. The SMILES string of the molecule is CSC1CCCCC1NCc1ccc(C2CC2)cc1. The lowest BCUT2D eigenvalue weighted by atomic mass is 9.94. The molecule has 3 rings (SSSR count). The highest BCUT2D eigenvalue weighted by atomic mass is 32.2. The van der Waals surface area contributed by atoms with Crippen molar-refractivity contribution in [1.29, 1.82) is 0 Å². The zero-order chi connectivity index (χ0) is 13.1. The fourth-order valence-corrected chi connectivity index (χ4v) is 4.15. The fourth-order valence-electron chi connectivity index (χ4n) is 3.19. The maximum absolute atomic E-state index is 3.78. The molecule has 104 valence electrons. The van der Waals surface area contributed by atoms with Gasteiger partial charge in [0.1, 0.15) is 0 Å². The zero-order valence-electron chi connectivity index (χ0n) is 11.9. The average Bonchev–Trinajstić information content (AvgIpc) is 3.30.